The normalized spacial score (nSPS) is 21.8. The summed E-state index contributed by atoms with van der Waals surface area (Å²) in [6, 6.07) is 11.0. The molecule has 2 saturated heterocycles. The van der Waals surface area contributed by atoms with Crippen molar-refractivity contribution in [3.8, 4) is 0 Å². The summed E-state index contributed by atoms with van der Waals surface area (Å²) < 4.78 is 0. The molecule has 2 aliphatic heterocycles. The number of piperidine rings is 1. The number of hydrogen-bond acceptors (Lipinski definition) is 2. The van der Waals surface area contributed by atoms with Crippen molar-refractivity contribution < 1.29 is 4.79 Å². The summed E-state index contributed by atoms with van der Waals surface area (Å²) in [7, 11) is 0. The van der Waals surface area contributed by atoms with Crippen molar-refractivity contribution in [2.75, 3.05) is 26.2 Å². The zero-order valence-corrected chi connectivity index (χ0v) is 14.6. The van der Waals surface area contributed by atoms with Gasteiger partial charge >= 0.3 is 0 Å². The molecule has 0 radical (unpaired) electrons. The summed E-state index contributed by atoms with van der Waals surface area (Å²) in [5.74, 6) is 0.782. The SMILES string of the molecule is CC(C)CC(=O)N1CCC(c2ccccc2)(N2CCCC2)CC1. The van der Waals surface area contributed by atoms with E-state index in [2.05, 4.69) is 54.0 Å². The van der Waals surface area contributed by atoms with Crippen molar-refractivity contribution in [2.24, 2.45) is 5.92 Å². The second-order valence-electron chi connectivity index (χ2n) is 7.57. The first-order chi connectivity index (χ1) is 11.1. The minimum absolute atomic E-state index is 0.145. The zero-order valence-electron chi connectivity index (χ0n) is 14.6. The van der Waals surface area contributed by atoms with Gasteiger partial charge in [0.05, 0.1) is 0 Å². The molecule has 1 aromatic rings. The topological polar surface area (TPSA) is 23.6 Å². The van der Waals surface area contributed by atoms with Crippen LogP contribution in [0.25, 0.3) is 0 Å². The number of carbonyl (C=O) groups excluding carboxylic acids is 1. The Morgan fingerprint density at radius 2 is 1.65 bits per heavy atom. The summed E-state index contributed by atoms with van der Waals surface area (Å²) >= 11 is 0. The molecule has 0 atom stereocenters. The number of amides is 1. The Kier molecular flexibility index (Phi) is 5.05. The number of hydrogen-bond donors (Lipinski definition) is 0. The lowest BCUT2D eigenvalue weighted by Gasteiger charge is -2.48. The average Bonchev–Trinajstić information content (AvgIpc) is 3.10. The molecule has 0 saturated carbocycles. The van der Waals surface area contributed by atoms with Gasteiger partial charge in [-0.3, -0.25) is 9.69 Å². The second kappa shape index (κ2) is 7.04. The summed E-state index contributed by atoms with van der Waals surface area (Å²) in [4.78, 5) is 17.2. The molecule has 2 fully saturated rings. The number of carbonyl (C=O) groups is 1. The Hall–Kier alpha value is -1.35. The van der Waals surface area contributed by atoms with Crippen LogP contribution >= 0.6 is 0 Å². The van der Waals surface area contributed by atoms with Gasteiger partial charge in [0.1, 0.15) is 0 Å². The van der Waals surface area contributed by atoms with E-state index < -0.39 is 0 Å². The zero-order chi connectivity index (χ0) is 16.3. The molecule has 3 nitrogen and oxygen atoms in total. The monoisotopic (exact) mass is 314 g/mol. The molecule has 0 spiro atoms. The lowest BCUT2D eigenvalue weighted by atomic mass is 9.79. The molecule has 0 unspecified atom stereocenters. The van der Waals surface area contributed by atoms with Gasteiger partial charge in [-0.1, -0.05) is 44.2 Å². The van der Waals surface area contributed by atoms with Crippen LogP contribution in [0.15, 0.2) is 30.3 Å². The maximum Gasteiger partial charge on any atom is 0.222 e. The van der Waals surface area contributed by atoms with E-state index in [0.717, 1.165) is 25.9 Å². The molecule has 3 heteroatoms. The molecule has 0 aromatic heterocycles. The number of rotatable bonds is 4. The Morgan fingerprint density at radius 3 is 2.22 bits per heavy atom. The van der Waals surface area contributed by atoms with Crippen LogP contribution in [0.4, 0.5) is 0 Å². The van der Waals surface area contributed by atoms with Crippen LogP contribution < -0.4 is 0 Å². The molecule has 126 valence electrons. The maximum absolute atomic E-state index is 12.4. The number of nitrogens with zero attached hydrogens (tertiary/aromatic N) is 2. The molecule has 0 N–H and O–H groups in total. The highest BCUT2D eigenvalue weighted by Crippen LogP contribution is 2.40. The molecule has 1 aromatic carbocycles. The second-order valence-corrected chi connectivity index (χ2v) is 7.57. The van der Waals surface area contributed by atoms with Gasteiger partial charge in [-0.15, -0.1) is 0 Å². The van der Waals surface area contributed by atoms with Crippen molar-refractivity contribution in [2.45, 2.75) is 51.5 Å². The maximum atomic E-state index is 12.4. The predicted octanol–water partition coefficient (Wildman–Crippen LogP) is 3.65. The summed E-state index contributed by atoms with van der Waals surface area (Å²) in [6.45, 7) is 8.46. The first kappa shape index (κ1) is 16.5. The van der Waals surface area contributed by atoms with Gasteiger partial charge in [0, 0.05) is 25.0 Å². The van der Waals surface area contributed by atoms with Gasteiger partial charge in [-0.05, 0) is 50.3 Å². The summed E-state index contributed by atoms with van der Waals surface area (Å²) in [5, 5.41) is 0. The highest BCUT2D eigenvalue weighted by Gasteiger charge is 2.42. The Labute approximate surface area is 140 Å². The van der Waals surface area contributed by atoms with Crippen LogP contribution in [0.1, 0.15) is 51.5 Å². The number of benzene rings is 1. The van der Waals surface area contributed by atoms with E-state index in [1.54, 1.807) is 0 Å². The van der Waals surface area contributed by atoms with E-state index in [4.69, 9.17) is 0 Å². The van der Waals surface area contributed by atoms with Crippen LogP contribution in [0.3, 0.4) is 0 Å². The quantitative estimate of drug-likeness (QED) is 0.847. The van der Waals surface area contributed by atoms with E-state index in [1.807, 2.05) is 0 Å². The molecule has 2 heterocycles. The Bertz CT molecular complexity index is 512. The lowest BCUT2D eigenvalue weighted by molar-refractivity contribution is -0.134. The Balaban J connectivity index is 1.76. The van der Waals surface area contributed by atoms with Crippen molar-refractivity contribution in [1.29, 1.82) is 0 Å². The van der Waals surface area contributed by atoms with E-state index >= 15 is 0 Å². The first-order valence-corrected chi connectivity index (χ1v) is 9.20. The predicted molar refractivity (Wildman–Crippen MR) is 94.2 cm³/mol. The largest absolute Gasteiger partial charge is 0.343 e. The van der Waals surface area contributed by atoms with Crippen LogP contribution in [0, 0.1) is 5.92 Å². The fourth-order valence-corrected chi connectivity index (χ4v) is 4.29. The minimum Gasteiger partial charge on any atom is -0.343 e. The Morgan fingerprint density at radius 1 is 1.04 bits per heavy atom. The van der Waals surface area contributed by atoms with Gasteiger partial charge < -0.3 is 4.90 Å². The first-order valence-electron chi connectivity index (χ1n) is 9.20. The molecule has 0 bridgehead atoms. The third kappa shape index (κ3) is 3.45. The fourth-order valence-electron chi connectivity index (χ4n) is 4.29. The van der Waals surface area contributed by atoms with Crippen LogP contribution in [-0.2, 0) is 10.3 Å². The third-order valence-corrected chi connectivity index (χ3v) is 5.55. The van der Waals surface area contributed by atoms with E-state index in [9.17, 15) is 4.79 Å². The van der Waals surface area contributed by atoms with Gasteiger partial charge in [-0.25, -0.2) is 0 Å². The fraction of sp³-hybridized carbons (Fsp3) is 0.650. The molecular weight excluding hydrogens is 284 g/mol. The molecule has 2 aliphatic rings. The highest BCUT2D eigenvalue weighted by molar-refractivity contribution is 5.76. The average molecular weight is 314 g/mol. The van der Waals surface area contributed by atoms with E-state index in [0.29, 0.717) is 18.2 Å². The minimum atomic E-state index is 0.145. The molecule has 1 amide bonds. The van der Waals surface area contributed by atoms with Gasteiger partial charge in [0.25, 0.3) is 0 Å². The molecule has 3 rings (SSSR count). The summed E-state index contributed by atoms with van der Waals surface area (Å²) in [5.41, 5.74) is 1.59. The van der Waals surface area contributed by atoms with Gasteiger partial charge in [0.15, 0.2) is 0 Å². The van der Waals surface area contributed by atoms with Crippen LogP contribution in [0.2, 0.25) is 0 Å². The van der Waals surface area contributed by atoms with Crippen molar-refractivity contribution in [1.82, 2.24) is 9.80 Å². The van der Waals surface area contributed by atoms with Crippen molar-refractivity contribution >= 4 is 5.91 Å². The van der Waals surface area contributed by atoms with Gasteiger partial charge in [-0.2, -0.15) is 0 Å². The van der Waals surface area contributed by atoms with Crippen LogP contribution in [0.5, 0.6) is 0 Å². The number of likely N-dealkylation sites (tertiary alicyclic amines) is 2. The standard InChI is InChI=1S/C20H30N2O/c1-17(2)16-19(23)21-14-10-20(11-15-21,22-12-6-7-13-22)18-8-4-3-5-9-18/h3-5,8-9,17H,6-7,10-16H2,1-2H3. The van der Waals surface area contributed by atoms with Crippen molar-refractivity contribution in [3.63, 3.8) is 0 Å². The lowest BCUT2D eigenvalue weighted by Crippen LogP contribution is -2.53. The van der Waals surface area contributed by atoms with E-state index in [-0.39, 0.29) is 5.54 Å². The summed E-state index contributed by atoms with van der Waals surface area (Å²) in [6.07, 6.45) is 5.44. The molecule has 23 heavy (non-hydrogen) atoms. The smallest absolute Gasteiger partial charge is 0.222 e. The van der Waals surface area contributed by atoms with Gasteiger partial charge in [0.2, 0.25) is 5.91 Å². The van der Waals surface area contributed by atoms with Crippen LogP contribution in [-0.4, -0.2) is 41.9 Å². The molecular formula is C20H30N2O. The van der Waals surface area contributed by atoms with Crippen molar-refractivity contribution in [3.05, 3.63) is 35.9 Å². The third-order valence-electron chi connectivity index (χ3n) is 5.55. The highest BCUT2D eigenvalue weighted by atomic mass is 16.2. The molecule has 0 aliphatic carbocycles. The van der Waals surface area contributed by atoms with E-state index in [1.165, 1.54) is 31.5 Å².